The zero-order chi connectivity index (χ0) is 13.7. The summed E-state index contributed by atoms with van der Waals surface area (Å²) in [5.41, 5.74) is 7.09. The lowest BCUT2D eigenvalue weighted by Crippen LogP contribution is -2.37. The second kappa shape index (κ2) is 6.36. The van der Waals surface area contributed by atoms with Crippen LogP contribution in [0.4, 0.5) is 4.39 Å². The molecule has 1 atom stereocenters. The van der Waals surface area contributed by atoms with Crippen LogP contribution in [0.2, 0.25) is 0 Å². The van der Waals surface area contributed by atoms with Gasteiger partial charge in [-0.2, -0.15) is 0 Å². The van der Waals surface area contributed by atoms with Crippen molar-refractivity contribution in [1.29, 1.82) is 0 Å². The van der Waals surface area contributed by atoms with Crippen molar-refractivity contribution >= 4 is 5.91 Å². The molecule has 0 saturated heterocycles. The van der Waals surface area contributed by atoms with Crippen molar-refractivity contribution in [1.82, 2.24) is 10.9 Å². The summed E-state index contributed by atoms with van der Waals surface area (Å²) in [6.45, 7) is 2.20. The third-order valence-electron chi connectivity index (χ3n) is 3.54. The molecule has 102 valence electrons. The predicted octanol–water partition coefficient (Wildman–Crippen LogP) is 3.15. The first-order valence-electron chi connectivity index (χ1n) is 6.70. The maximum atomic E-state index is 12.7. The number of carbonyl (C=O) groups is 1. The number of nitrogens with one attached hydrogen (secondary N) is 2. The van der Waals surface area contributed by atoms with Crippen LogP contribution in [-0.2, 0) is 0 Å². The second-order valence-electron chi connectivity index (χ2n) is 4.86. The highest BCUT2D eigenvalue weighted by Crippen LogP contribution is 2.23. The Morgan fingerprint density at radius 3 is 2.68 bits per heavy atom. The third-order valence-corrected chi connectivity index (χ3v) is 3.54. The van der Waals surface area contributed by atoms with Gasteiger partial charge in [0, 0.05) is 11.3 Å². The van der Waals surface area contributed by atoms with Crippen LogP contribution in [0, 0.1) is 11.7 Å². The number of hydrazine groups is 1. The van der Waals surface area contributed by atoms with Crippen LogP contribution in [0.1, 0.15) is 43.0 Å². The fourth-order valence-corrected chi connectivity index (χ4v) is 2.18. The van der Waals surface area contributed by atoms with Crippen molar-refractivity contribution < 1.29 is 9.18 Å². The number of carbonyl (C=O) groups excluding carboxylic acids is 1. The van der Waals surface area contributed by atoms with E-state index in [9.17, 15) is 9.18 Å². The van der Waals surface area contributed by atoms with Crippen LogP contribution in [0.3, 0.4) is 0 Å². The van der Waals surface area contributed by atoms with E-state index in [0.29, 0.717) is 5.56 Å². The molecule has 0 bridgehead atoms. The van der Waals surface area contributed by atoms with Gasteiger partial charge in [-0.1, -0.05) is 19.4 Å². The molecule has 3 nitrogen and oxygen atoms in total. The van der Waals surface area contributed by atoms with Crippen molar-refractivity contribution in [3.63, 3.8) is 0 Å². The number of rotatable bonds is 4. The molecular formula is C15H19FN2O. The molecule has 0 spiro atoms. The number of benzene rings is 1. The number of amides is 1. The van der Waals surface area contributed by atoms with E-state index in [4.69, 9.17) is 0 Å². The van der Waals surface area contributed by atoms with Crippen LogP contribution in [0.15, 0.2) is 36.0 Å². The van der Waals surface area contributed by atoms with E-state index in [2.05, 4.69) is 23.9 Å². The first-order valence-corrected chi connectivity index (χ1v) is 6.70. The molecule has 0 aliphatic heterocycles. The lowest BCUT2D eigenvalue weighted by molar-refractivity contribution is 0.0937. The van der Waals surface area contributed by atoms with Crippen molar-refractivity contribution in [2.24, 2.45) is 5.92 Å². The Morgan fingerprint density at radius 1 is 1.37 bits per heavy atom. The van der Waals surface area contributed by atoms with E-state index < -0.39 is 0 Å². The summed E-state index contributed by atoms with van der Waals surface area (Å²) in [5.74, 6) is 0.168. The molecule has 2 N–H and O–H groups in total. The summed E-state index contributed by atoms with van der Waals surface area (Å²) < 4.78 is 12.7. The number of hydrogen-bond donors (Lipinski definition) is 2. The maximum Gasteiger partial charge on any atom is 0.269 e. The van der Waals surface area contributed by atoms with Gasteiger partial charge in [0.05, 0.1) is 0 Å². The zero-order valence-electron chi connectivity index (χ0n) is 11.1. The summed E-state index contributed by atoms with van der Waals surface area (Å²) in [5, 5.41) is 0. The molecule has 1 aromatic carbocycles. The van der Waals surface area contributed by atoms with Crippen LogP contribution in [-0.4, -0.2) is 5.91 Å². The number of halogens is 1. The van der Waals surface area contributed by atoms with Crippen molar-refractivity contribution in [3.05, 3.63) is 47.4 Å². The van der Waals surface area contributed by atoms with E-state index in [1.165, 1.54) is 30.7 Å². The third kappa shape index (κ3) is 3.81. The zero-order valence-corrected chi connectivity index (χ0v) is 11.1. The van der Waals surface area contributed by atoms with E-state index in [1.54, 1.807) is 0 Å². The highest BCUT2D eigenvalue weighted by atomic mass is 19.1. The molecular weight excluding hydrogens is 243 g/mol. The monoisotopic (exact) mass is 262 g/mol. The van der Waals surface area contributed by atoms with Crippen LogP contribution in [0.25, 0.3) is 0 Å². The molecule has 1 aliphatic carbocycles. The Hall–Kier alpha value is -1.84. The molecule has 0 aromatic heterocycles. The van der Waals surface area contributed by atoms with Gasteiger partial charge in [-0.25, -0.2) is 4.39 Å². The summed E-state index contributed by atoms with van der Waals surface area (Å²) in [4.78, 5) is 11.8. The van der Waals surface area contributed by atoms with Gasteiger partial charge >= 0.3 is 0 Å². The molecule has 0 heterocycles. The van der Waals surface area contributed by atoms with Gasteiger partial charge in [-0.3, -0.25) is 10.2 Å². The van der Waals surface area contributed by atoms with Gasteiger partial charge < -0.3 is 5.43 Å². The van der Waals surface area contributed by atoms with Gasteiger partial charge in [0.1, 0.15) is 5.82 Å². The van der Waals surface area contributed by atoms with Crippen molar-refractivity contribution in [3.8, 4) is 0 Å². The Kier molecular flexibility index (Phi) is 4.55. The highest BCUT2D eigenvalue weighted by Gasteiger charge is 2.13. The predicted molar refractivity (Wildman–Crippen MR) is 72.7 cm³/mol. The Bertz CT molecular complexity index is 468. The lowest BCUT2D eigenvalue weighted by Gasteiger charge is -2.21. The van der Waals surface area contributed by atoms with Gasteiger partial charge in [0.2, 0.25) is 0 Å². The van der Waals surface area contributed by atoms with Crippen LogP contribution >= 0.6 is 0 Å². The summed E-state index contributed by atoms with van der Waals surface area (Å²) in [6.07, 6.45) is 6.52. The molecule has 4 heteroatoms. The fourth-order valence-electron chi connectivity index (χ4n) is 2.18. The average Bonchev–Trinajstić information content (AvgIpc) is 2.46. The minimum Gasteiger partial charge on any atom is -0.303 e. The molecule has 0 saturated carbocycles. The molecule has 0 radical (unpaired) electrons. The minimum absolute atomic E-state index is 0.251. The average molecular weight is 262 g/mol. The molecule has 1 unspecified atom stereocenters. The molecule has 0 fully saturated rings. The van der Waals surface area contributed by atoms with Gasteiger partial charge in [-0.05, 0) is 49.4 Å². The lowest BCUT2D eigenvalue weighted by atomic mass is 9.91. The van der Waals surface area contributed by atoms with Gasteiger partial charge in [0.25, 0.3) is 5.91 Å². The maximum absolute atomic E-state index is 12.7. The topological polar surface area (TPSA) is 41.1 Å². The normalized spacial score (nSPS) is 18.6. The van der Waals surface area contributed by atoms with Crippen molar-refractivity contribution in [2.75, 3.05) is 0 Å². The number of allylic oxidation sites excluding steroid dienone is 2. The molecule has 1 aliphatic rings. The Balaban J connectivity index is 1.84. The molecule has 1 aromatic rings. The fraction of sp³-hybridized carbons (Fsp3) is 0.400. The molecule has 1 amide bonds. The second-order valence-corrected chi connectivity index (χ2v) is 4.86. The molecule has 2 rings (SSSR count). The Labute approximate surface area is 112 Å². The van der Waals surface area contributed by atoms with Crippen LogP contribution < -0.4 is 10.9 Å². The standard InChI is InChI=1S/C15H19FN2O/c1-2-11-3-9-14(10-4-11)17-18-15(19)12-5-7-13(16)8-6-12/h5-9,11,17H,2-4,10H2,1H3,(H,18,19). The summed E-state index contributed by atoms with van der Waals surface area (Å²) in [7, 11) is 0. The minimum atomic E-state index is -0.342. The number of hydrogen-bond acceptors (Lipinski definition) is 2. The highest BCUT2D eigenvalue weighted by molar-refractivity contribution is 5.93. The van der Waals surface area contributed by atoms with E-state index in [1.807, 2.05) is 0 Å². The SMILES string of the molecule is CCC1CC=C(NNC(=O)c2ccc(F)cc2)CC1. The summed E-state index contributed by atoms with van der Waals surface area (Å²) >= 11 is 0. The summed E-state index contributed by atoms with van der Waals surface area (Å²) in [6, 6.07) is 5.49. The Morgan fingerprint density at radius 2 is 2.11 bits per heavy atom. The molecule has 19 heavy (non-hydrogen) atoms. The van der Waals surface area contributed by atoms with Gasteiger partial charge in [-0.15, -0.1) is 0 Å². The van der Waals surface area contributed by atoms with Gasteiger partial charge in [0.15, 0.2) is 0 Å². The van der Waals surface area contributed by atoms with E-state index in [-0.39, 0.29) is 11.7 Å². The van der Waals surface area contributed by atoms with Crippen molar-refractivity contribution in [2.45, 2.75) is 32.6 Å². The smallest absolute Gasteiger partial charge is 0.269 e. The quantitative estimate of drug-likeness (QED) is 0.818. The van der Waals surface area contributed by atoms with E-state index >= 15 is 0 Å². The van der Waals surface area contributed by atoms with Crippen LogP contribution in [0.5, 0.6) is 0 Å². The first kappa shape index (κ1) is 13.6. The first-order chi connectivity index (χ1) is 9.19. The van der Waals surface area contributed by atoms with E-state index in [0.717, 1.165) is 30.9 Å². The largest absolute Gasteiger partial charge is 0.303 e.